The number of amides is 1. The van der Waals surface area contributed by atoms with Gasteiger partial charge in [-0.25, -0.2) is 9.78 Å². The molecule has 0 aliphatic heterocycles. The molecular weight excluding hydrogens is 430 g/mol. The lowest BCUT2D eigenvalue weighted by atomic mass is 9.87. The van der Waals surface area contributed by atoms with Crippen LogP contribution >= 0.6 is 22.9 Å². The van der Waals surface area contributed by atoms with Gasteiger partial charge in [0.1, 0.15) is 9.83 Å². The maximum atomic E-state index is 12.3. The largest absolute Gasteiger partial charge is 0.450 e. The van der Waals surface area contributed by atoms with Crippen molar-refractivity contribution in [3.05, 3.63) is 65.1 Å². The van der Waals surface area contributed by atoms with Gasteiger partial charge in [0.25, 0.3) is 0 Å². The molecule has 0 saturated heterocycles. The number of aryl methyl sites for hydroxylation is 1. The number of ether oxygens (including phenoxy) is 1. The Morgan fingerprint density at radius 3 is 2.68 bits per heavy atom. The highest BCUT2D eigenvalue weighted by atomic mass is 35.5. The molecule has 1 aromatic carbocycles. The molecule has 0 bridgehead atoms. The molecule has 1 aliphatic carbocycles. The molecule has 7 heteroatoms. The summed E-state index contributed by atoms with van der Waals surface area (Å²) >= 11 is 7.68. The molecule has 0 unspecified atom stereocenters. The quantitative estimate of drug-likeness (QED) is 0.369. The number of carbonyl (C=O) groups excluding carboxylic acids is 1. The average molecular weight is 452 g/mol. The van der Waals surface area contributed by atoms with Gasteiger partial charge < -0.3 is 9.30 Å². The zero-order valence-corrected chi connectivity index (χ0v) is 18.7. The van der Waals surface area contributed by atoms with Crippen molar-refractivity contribution in [3.63, 3.8) is 0 Å². The summed E-state index contributed by atoms with van der Waals surface area (Å²) in [4.78, 5) is 18.3. The summed E-state index contributed by atoms with van der Waals surface area (Å²) in [6.45, 7) is 2.11. The van der Waals surface area contributed by atoms with Gasteiger partial charge in [-0.05, 0) is 73.6 Å². The Kier molecular flexibility index (Phi) is 5.42. The minimum Gasteiger partial charge on any atom is -0.450 e. The van der Waals surface area contributed by atoms with Gasteiger partial charge in [-0.1, -0.05) is 35.1 Å². The topological polar surface area (TPSA) is 56.1 Å². The molecule has 1 amide bonds. The molecule has 0 radical (unpaired) electrons. The van der Waals surface area contributed by atoms with Crippen LogP contribution in [-0.2, 0) is 17.6 Å². The van der Waals surface area contributed by atoms with Crippen LogP contribution in [0.25, 0.3) is 27.0 Å². The second kappa shape index (κ2) is 8.36. The van der Waals surface area contributed by atoms with Crippen LogP contribution in [-0.4, -0.2) is 22.3 Å². The van der Waals surface area contributed by atoms with E-state index >= 15 is 0 Å². The minimum atomic E-state index is -0.458. The molecule has 158 valence electrons. The van der Waals surface area contributed by atoms with Crippen molar-refractivity contribution in [3.8, 4) is 16.8 Å². The second-order valence-corrected chi connectivity index (χ2v) is 8.96. The number of nitrogens with zero attached hydrogens (tertiary/aromatic N) is 2. The van der Waals surface area contributed by atoms with Crippen LogP contribution in [0.15, 0.2) is 48.8 Å². The van der Waals surface area contributed by atoms with Crippen LogP contribution < -0.4 is 5.32 Å². The van der Waals surface area contributed by atoms with Gasteiger partial charge in [0, 0.05) is 28.5 Å². The molecule has 5 nitrogen and oxygen atoms in total. The Balaban J connectivity index is 1.83. The number of anilines is 1. The molecule has 3 aromatic heterocycles. The maximum Gasteiger partial charge on any atom is 0.412 e. The maximum absolute atomic E-state index is 12.3. The van der Waals surface area contributed by atoms with Crippen molar-refractivity contribution >= 4 is 44.2 Å². The first-order valence-electron chi connectivity index (χ1n) is 10.5. The van der Waals surface area contributed by atoms with Gasteiger partial charge in [-0.3, -0.25) is 5.32 Å². The molecule has 31 heavy (non-hydrogen) atoms. The number of fused-ring (bicyclic) bond motifs is 2. The molecular formula is C24H22ClN3O2S. The zero-order chi connectivity index (χ0) is 21.4. The summed E-state index contributed by atoms with van der Waals surface area (Å²) in [6, 6.07) is 12.0. The number of rotatable bonds is 4. The highest BCUT2D eigenvalue weighted by Crippen LogP contribution is 2.46. The number of thiophene rings is 1. The molecule has 3 heterocycles. The van der Waals surface area contributed by atoms with Gasteiger partial charge in [0.15, 0.2) is 0 Å². The molecule has 0 fully saturated rings. The molecule has 0 spiro atoms. The summed E-state index contributed by atoms with van der Waals surface area (Å²) in [5, 5.41) is 5.44. The summed E-state index contributed by atoms with van der Waals surface area (Å²) in [6.07, 6.45) is 7.79. The van der Waals surface area contributed by atoms with Crippen LogP contribution in [0.3, 0.4) is 0 Å². The lowest BCUT2D eigenvalue weighted by molar-refractivity contribution is 0.168. The Morgan fingerprint density at radius 2 is 1.94 bits per heavy atom. The standard InChI is InChI=1S/C24H22ClN3O2S/c1-2-30-24(29)27-23-21(28-13-5-6-14-28)20-19(15-9-11-16(25)12-10-15)17-7-3-4-8-18(17)26-22(20)31-23/h5-6,9-14H,2-4,7-8H2,1H3,(H,27,29). The highest BCUT2D eigenvalue weighted by Gasteiger charge is 2.26. The number of nitrogens with one attached hydrogen (secondary N) is 1. The van der Waals surface area contributed by atoms with E-state index in [0.29, 0.717) is 11.6 Å². The summed E-state index contributed by atoms with van der Waals surface area (Å²) in [5.41, 5.74) is 5.68. The molecule has 1 aliphatic rings. The van der Waals surface area contributed by atoms with E-state index < -0.39 is 6.09 Å². The molecule has 1 N–H and O–H groups in total. The van der Waals surface area contributed by atoms with Crippen molar-refractivity contribution < 1.29 is 9.53 Å². The molecule has 4 aromatic rings. The van der Waals surface area contributed by atoms with Gasteiger partial charge in [0.2, 0.25) is 0 Å². The van der Waals surface area contributed by atoms with Crippen molar-refractivity contribution in [1.29, 1.82) is 0 Å². The monoisotopic (exact) mass is 451 g/mol. The van der Waals surface area contributed by atoms with Gasteiger partial charge in [0.05, 0.1) is 12.3 Å². The number of hydrogen-bond acceptors (Lipinski definition) is 4. The number of benzene rings is 1. The Hall–Kier alpha value is -2.83. The number of carbonyl (C=O) groups is 1. The van der Waals surface area contributed by atoms with Gasteiger partial charge in [-0.15, -0.1) is 0 Å². The molecule has 0 atom stereocenters. The summed E-state index contributed by atoms with van der Waals surface area (Å²) < 4.78 is 7.19. The van der Waals surface area contributed by atoms with Crippen molar-refractivity contribution in [2.45, 2.75) is 32.6 Å². The fourth-order valence-electron chi connectivity index (χ4n) is 4.28. The SMILES string of the molecule is CCOC(=O)Nc1sc2nc3c(c(-c4ccc(Cl)cc4)c2c1-n1cccc1)CCCC3. The minimum absolute atomic E-state index is 0.318. The molecule has 0 saturated carbocycles. The highest BCUT2D eigenvalue weighted by molar-refractivity contribution is 7.23. The van der Waals surface area contributed by atoms with Crippen molar-refractivity contribution in [1.82, 2.24) is 9.55 Å². The fourth-order valence-corrected chi connectivity index (χ4v) is 5.49. The lowest BCUT2D eigenvalue weighted by Gasteiger charge is -2.21. The number of aromatic nitrogens is 2. The smallest absolute Gasteiger partial charge is 0.412 e. The average Bonchev–Trinajstić information content (AvgIpc) is 3.40. The predicted octanol–water partition coefficient (Wildman–Crippen LogP) is 6.85. The first-order valence-corrected chi connectivity index (χ1v) is 11.7. The summed E-state index contributed by atoms with van der Waals surface area (Å²) in [7, 11) is 0. The fraction of sp³-hybridized carbons (Fsp3) is 0.250. The van der Waals surface area contributed by atoms with Crippen molar-refractivity contribution in [2.24, 2.45) is 0 Å². The molecule has 5 rings (SSSR count). The van der Waals surface area contributed by atoms with Crippen LogP contribution in [0.4, 0.5) is 9.80 Å². The van der Waals surface area contributed by atoms with Gasteiger partial charge >= 0.3 is 6.09 Å². The normalized spacial score (nSPS) is 13.2. The van der Waals surface area contributed by atoms with E-state index in [-0.39, 0.29) is 0 Å². The van der Waals surface area contributed by atoms with Crippen LogP contribution in [0.2, 0.25) is 5.02 Å². The zero-order valence-electron chi connectivity index (χ0n) is 17.2. The van der Waals surface area contributed by atoms with E-state index in [1.165, 1.54) is 22.5 Å². The van der Waals surface area contributed by atoms with Crippen LogP contribution in [0, 0.1) is 0 Å². The number of hydrogen-bond donors (Lipinski definition) is 1. The Morgan fingerprint density at radius 1 is 1.19 bits per heavy atom. The third kappa shape index (κ3) is 3.70. The van der Waals surface area contributed by atoms with Crippen LogP contribution in [0.5, 0.6) is 0 Å². The number of halogens is 1. The first kappa shape index (κ1) is 20.1. The third-order valence-electron chi connectivity index (χ3n) is 5.58. The van der Waals surface area contributed by atoms with E-state index in [4.69, 9.17) is 21.3 Å². The van der Waals surface area contributed by atoms with E-state index in [9.17, 15) is 4.79 Å². The van der Waals surface area contributed by atoms with E-state index in [1.807, 2.05) is 41.2 Å². The van der Waals surface area contributed by atoms with Gasteiger partial charge in [-0.2, -0.15) is 0 Å². The second-order valence-electron chi connectivity index (χ2n) is 7.52. The summed E-state index contributed by atoms with van der Waals surface area (Å²) in [5.74, 6) is 0. The van der Waals surface area contributed by atoms with Crippen molar-refractivity contribution in [2.75, 3.05) is 11.9 Å². The lowest BCUT2D eigenvalue weighted by Crippen LogP contribution is -2.13. The van der Waals surface area contributed by atoms with E-state index in [1.54, 1.807) is 6.92 Å². The first-order chi connectivity index (χ1) is 15.2. The van der Waals surface area contributed by atoms with E-state index in [0.717, 1.165) is 57.8 Å². The Labute approximate surface area is 189 Å². The Bertz CT molecular complexity index is 1250. The number of pyridine rings is 1. The van der Waals surface area contributed by atoms with Crippen LogP contribution in [0.1, 0.15) is 31.0 Å². The predicted molar refractivity (Wildman–Crippen MR) is 127 cm³/mol. The van der Waals surface area contributed by atoms with E-state index in [2.05, 4.69) is 17.4 Å². The third-order valence-corrected chi connectivity index (χ3v) is 6.82.